The van der Waals surface area contributed by atoms with Crippen molar-refractivity contribution < 1.29 is 23.4 Å². The van der Waals surface area contributed by atoms with Crippen molar-refractivity contribution in [2.45, 2.75) is 44.0 Å². The molecule has 184 valence electrons. The molecule has 2 aliphatic rings. The van der Waals surface area contributed by atoms with Gasteiger partial charge in [0.15, 0.2) is 18.2 Å². The maximum atomic E-state index is 14.7. The van der Waals surface area contributed by atoms with Gasteiger partial charge in [-0.15, -0.1) is 0 Å². The number of fused-ring (bicyclic) bond motifs is 2. The highest BCUT2D eigenvalue weighted by Crippen LogP contribution is 2.28. The molecular formula is C25H28FN5O4. The summed E-state index contributed by atoms with van der Waals surface area (Å²) < 4.78 is 31.4. The van der Waals surface area contributed by atoms with E-state index >= 15 is 0 Å². The third-order valence-corrected chi connectivity index (χ3v) is 6.47. The summed E-state index contributed by atoms with van der Waals surface area (Å²) in [4.78, 5) is 20.1. The lowest BCUT2D eigenvalue weighted by molar-refractivity contribution is -0.118. The lowest BCUT2D eigenvalue weighted by Crippen LogP contribution is -2.47. The number of ether oxygens (including phenoxy) is 3. The molecule has 1 fully saturated rings. The van der Waals surface area contributed by atoms with E-state index in [-0.39, 0.29) is 36.5 Å². The fraction of sp³-hybridized carbons (Fsp3) is 0.400. The summed E-state index contributed by atoms with van der Waals surface area (Å²) in [6.45, 7) is 1.04. The van der Waals surface area contributed by atoms with Gasteiger partial charge in [0, 0.05) is 29.6 Å². The number of amides is 1. The predicted octanol–water partition coefficient (Wildman–Crippen LogP) is 2.32. The van der Waals surface area contributed by atoms with Crippen molar-refractivity contribution in [2.75, 3.05) is 25.6 Å². The molecule has 10 heteroatoms. The van der Waals surface area contributed by atoms with Gasteiger partial charge in [-0.1, -0.05) is 0 Å². The number of carbonyl (C=O) groups excluding carboxylic acids is 1. The maximum Gasteiger partial charge on any atom is 0.263 e. The Morgan fingerprint density at radius 1 is 1.31 bits per heavy atom. The van der Waals surface area contributed by atoms with Gasteiger partial charge in [0.25, 0.3) is 5.91 Å². The van der Waals surface area contributed by atoms with Crippen molar-refractivity contribution in [3.05, 3.63) is 53.6 Å². The molecule has 3 atom stereocenters. The van der Waals surface area contributed by atoms with Crippen molar-refractivity contribution in [1.29, 1.82) is 0 Å². The Kier molecular flexibility index (Phi) is 6.76. The normalized spacial score (nSPS) is 20.6. The Labute approximate surface area is 202 Å². The molecule has 2 aliphatic heterocycles. The number of halogens is 1. The summed E-state index contributed by atoms with van der Waals surface area (Å²) in [5.74, 6) is 1.07. The molecule has 9 nitrogen and oxygen atoms in total. The number of anilines is 1. The van der Waals surface area contributed by atoms with Crippen LogP contribution in [0.4, 0.5) is 10.2 Å². The molecule has 1 saturated heterocycles. The minimum Gasteiger partial charge on any atom is -0.497 e. The number of nitrogens with one attached hydrogen (secondary N) is 2. The molecule has 2 aromatic heterocycles. The van der Waals surface area contributed by atoms with E-state index in [2.05, 4.69) is 20.6 Å². The van der Waals surface area contributed by atoms with Crippen molar-refractivity contribution in [3.8, 4) is 11.5 Å². The van der Waals surface area contributed by atoms with Crippen molar-refractivity contribution in [2.24, 2.45) is 5.73 Å². The summed E-state index contributed by atoms with van der Waals surface area (Å²) in [7, 11) is 1.58. The van der Waals surface area contributed by atoms with Crippen LogP contribution in [0.1, 0.15) is 24.1 Å². The number of carbonyl (C=O) groups is 1. The number of pyridine rings is 2. The maximum absolute atomic E-state index is 14.7. The average Bonchev–Trinajstić information content (AvgIpc) is 2.88. The van der Waals surface area contributed by atoms with Gasteiger partial charge < -0.3 is 30.6 Å². The Balaban J connectivity index is 1.16. The Hall–Kier alpha value is -3.34. The number of hydrogen-bond donors (Lipinski definition) is 3. The highest BCUT2D eigenvalue weighted by Gasteiger charge is 2.28. The average molecular weight is 482 g/mol. The molecule has 0 radical (unpaired) electrons. The van der Waals surface area contributed by atoms with E-state index in [4.69, 9.17) is 19.9 Å². The number of benzene rings is 1. The Morgan fingerprint density at radius 3 is 3.00 bits per heavy atom. The fourth-order valence-corrected chi connectivity index (χ4v) is 4.53. The molecule has 1 aromatic carbocycles. The van der Waals surface area contributed by atoms with E-state index in [1.807, 2.05) is 18.2 Å². The van der Waals surface area contributed by atoms with Gasteiger partial charge in [0.05, 0.1) is 37.2 Å². The van der Waals surface area contributed by atoms with Gasteiger partial charge in [0.2, 0.25) is 0 Å². The van der Waals surface area contributed by atoms with E-state index in [0.717, 1.165) is 18.5 Å². The first-order valence-corrected chi connectivity index (χ1v) is 11.6. The second kappa shape index (κ2) is 10.1. The third-order valence-electron chi connectivity index (χ3n) is 6.47. The first kappa shape index (κ1) is 23.4. The van der Waals surface area contributed by atoms with E-state index in [1.165, 1.54) is 6.20 Å². The van der Waals surface area contributed by atoms with Crippen LogP contribution in [0.25, 0.3) is 10.9 Å². The molecule has 5 rings (SSSR count). The molecule has 3 aromatic rings. The number of nitrogens with zero attached hydrogens (tertiary/aromatic N) is 2. The predicted molar refractivity (Wildman–Crippen MR) is 128 cm³/mol. The van der Waals surface area contributed by atoms with Crippen LogP contribution < -0.4 is 25.8 Å². The second-order valence-electron chi connectivity index (χ2n) is 8.85. The number of nitrogens with two attached hydrogens (primary N) is 1. The summed E-state index contributed by atoms with van der Waals surface area (Å²) in [6, 6.07) is 8.88. The molecular weight excluding hydrogens is 453 g/mol. The Bertz CT molecular complexity index is 1230. The summed E-state index contributed by atoms with van der Waals surface area (Å²) >= 11 is 0. The van der Waals surface area contributed by atoms with Crippen LogP contribution >= 0.6 is 0 Å². The summed E-state index contributed by atoms with van der Waals surface area (Å²) in [5.41, 5.74) is 8.50. The number of aromatic nitrogens is 2. The van der Waals surface area contributed by atoms with Gasteiger partial charge in [-0.3, -0.25) is 9.78 Å². The van der Waals surface area contributed by atoms with Gasteiger partial charge in [-0.05, 0) is 49.6 Å². The number of methoxy groups -OCH3 is 1. The van der Waals surface area contributed by atoms with Crippen LogP contribution in [0.2, 0.25) is 0 Å². The van der Waals surface area contributed by atoms with Gasteiger partial charge in [-0.25, -0.2) is 9.37 Å². The molecule has 4 heterocycles. The lowest BCUT2D eigenvalue weighted by Gasteiger charge is -2.33. The zero-order valence-electron chi connectivity index (χ0n) is 19.4. The number of hydrogen-bond acceptors (Lipinski definition) is 8. The van der Waals surface area contributed by atoms with Gasteiger partial charge >= 0.3 is 0 Å². The minimum atomic E-state index is -0.379. The van der Waals surface area contributed by atoms with Crippen molar-refractivity contribution in [1.82, 2.24) is 15.3 Å². The van der Waals surface area contributed by atoms with Crippen molar-refractivity contribution in [3.63, 3.8) is 0 Å². The molecule has 0 aliphatic carbocycles. The van der Waals surface area contributed by atoms with Crippen LogP contribution in [0.15, 0.2) is 36.5 Å². The smallest absolute Gasteiger partial charge is 0.263 e. The molecule has 1 amide bonds. The largest absolute Gasteiger partial charge is 0.497 e. The molecule has 35 heavy (non-hydrogen) atoms. The standard InChI is InChI=1S/C25H28FN5O4/c1-33-16-4-5-21-18(8-16)17(19(26)11-29-21)9-20(27)22-6-3-15(12-34-22)28-10-14-2-7-23-25(30-14)31-24(32)13-35-23/h2,4-5,7-8,11,15,20,22,28H,3,6,9-10,12-13,27H2,1H3,(H,30,31,32)/t15-,20+,22+/m1/s1. The SMILES string of the molecule is COc1ccc2ncc(F)c(C[C@H](N)[C@@H]3CC[C@@H](NCc4ccc5c(n4)NC(=O)CO5)CO3)c2c1. The molecule has 0 spiro atoms. The third kappa shape index (κ3) is 5.19. The van der Waals surface area contributed by atoms with Crippen LogP contribution in [0.5, 0.6) is 11.5 Å². The van der Waals surface area contributed by atoms with E-state index in [1.54, 1.807) is 19.2 Å². The van der Waals surface area contributed by atoms with Crippen molar-refractivity contribution >= 4 is 22.6 Å². The van der Waals surface area contributed by atoms with Crippen LogP contribution in [-0.2, 0) is 22.5 Å². The summed E-state index contributed by atoms with van der Waals surface area (Å²) in [6.07, 6.45) is 3.04. The first-order valence-electron chi connectivity index (χ1n) is 11.6. The monoisotopic (exact) mass is 481 g/mol. The van der Waals surface area contributed by atoms with Crippen LogP contribution in [-0.4, -0.2) is 54.4 Å². The highest BCUT2D eigenvalue weighted by molar-refractivity contribution is 5.94. The van der Waals surface area contributed by atoms with E-state index in [0.29, 0.717) is 53.4 Å². The minimum absolute atomic E-state index is 0.00715. The van der Waals surface area contributed by atoms with Gasteiger partial charge in [0.1, 0.15) is 11.6 Å². The fourth-order valence-electron chi connectivity index (χ4n) is 4.53. The van der Waals surface area contributed by atoms with Crippen LogP contribution in [0.3, 0.4) is 0 Å². The lowest BCUT2D eigenvalue weighted by atomic mass is 9.93. The van der Waals surface area contributed by atoms with Gasteiger partial charge in [-0.2, -0.15) is 0 Å². The Morgan fingerprint density at radius 2 is 2.20 bits per heavy atom. The molecule has 0 unspecified atom stereocenters. The molecule has 0 bridgehead atoms. The zero-order chi connectivity index (χ0) is 24.4. The number of rotatable bonds is 7. The first-order chi connectivity index (χ1) is 17.0. The zero-order valence-corrected chi connectivity index (χ0v) is 19.4. The highest BCUT2D eigenvalue weighted by atomic mass is 19.1. The van der Waals surface area contributed by atoms with E-state index < -0.39 is 0 Å². The molecule has 4 N–H and O–H groups in total. The summed E-state index contributed by atoms with van der Waals surface area (Å²) in [5, 5.41) is 6.87. The second-order valence-corrected chi connectivity index (χ2v) is 8.85. The molecule has 0 saturated carbocycles. The topological polar surface area (TPSA) is 121 Å². The van der Waals surface area contributed by atoms with E-state index in [9.17, 15) is 9.18 Å². The quantitative estimate of drug-likeness (QED) is 0.470. The van der Waals surface area contributed by atoms with Crippen LogP contribution in [0, 0.1) is 5.82 Å².